The van der Waals surface area contributed by atoms with Crippen LogP contribution in [0.15, 0.2) is 102 Å². The van der Waals surface area contributed by atoms with Gasteiger partial charge < -0.3 is 29.4 Å². The van der Waals surface area contributed by atoms with E-state index in [1.807, 2.05) is 48.5 Å². The number of esters is 1. The third-order valence-corrected chi connectivity index (χ3v) is 6.83. The van der Waals surface area contributed by atoms with Crippen molar-refractivity contribution in [2.24, 2.45) is 11.7 Å². The molecule has 1 heterocycles. The zero-order valence-corrected chi connectivity index (χ0v) is 24.2. The molecule has 0 aromatic heterocycles. The van der Waals surface area contributed by atoms with E-state index in [0.717, 1.165) is 11.1 Å². The second-order valence-corrected chi connectivity index (χ2v) is 10.4. The normalized spacial score (nSPS) is 13.9. The van der Waals surface area contributed by atoms with E-state index in [4.69, 9.17) is 29.4 Å². The molecule has 0 amide bonds. The topological polar surface area (TPSA) is 113 Å². The van der Waals surface area contributed by atoms with E-state index in [9.17, 15) is 10.1 Å². The summed E-state index contributed by atoms with van der Waals surface area (Å²) in [5.74, 6) is 1.73. The number of allylic oxidation sites excluding steroid dienone is 1. The summed E-state index contributed by atoms with van der Waals surface area (Å²) in [6.45, 7) is 5.10. The summed E-state index contributed by atoms with van der Waals surface area (Å²) >= 11 is 0. The minimum Gasteiger partial charge on any atom is -0.493 e. The van der Waals surface area contributed by atoms with E-state index in [0.29, 0.717) is 53.3 Å². The maximum absolute atomic E-state index is 12.8. The first-order valence-electron chi connectivity index (χ1n) is 13.9. The smallest absolute Gasteiger partial charge is 0.343 e. The van der Waals surface area contributed by atoms with Crippen molar-refractivity contribution < 1.29 is 28.5 Å². The minimum absolute atomic E-state index is 0.0242. The van der Waals surface area contributed by atoms with Crippen molar-refractivity contribution in [1.82, 2.24) is 0 Å². The number of fused-ring (bicyclic) bond motifs is 1. The Balaban J connectivity index is 1.37. The first kappa shape index (κ1) is 29.1. The molecule has 0 saturated carbocycles. The van der Waals surface area contributed by atoms with E-state index in [1.165, 1.54) is 0 Å². The lowest BCUT2D eigenvalue weighted by Gasteiger charge is -2.27. The molecule has 8 nitrogen and oxygen atoms in total. The van der Waals surface area contributed by atoms with Gasteiger partial charge in [0.05, 0.1) is 25.2 Å². The van der Waals surface area contributed by atoms with Crippen molar-refractivity contribution in [3.63, 3.8) is 0 Å². The van der Waals surface area contributed by atoms with Gasteiger partial charge in [0, 0.05) is 11.6 Å². The monoisotopic (exact) mass is 576 g/mol. The second kappa shape index (κ2) is 13.0. The van der Waals surface area contributed by atoms with Crippen LogP contribution in [0.1, 0.15) is 46.8 Å². The third-order valence-electron chi connectivity index (χ3n) is 6.83. The highest BCUT2D eigenvalue weighted by Gasteiger charge is 2.32. The molecule has 0 aliphatic carbocycles. The average molecular weight is 577 g/mol. The summed E-state index contributed by atoms with van der Waals surface area (Å²) in [4.78, 5) is 12.8. The highest BCUT2D eigenvalue weighted by Crippen LogP contribution is 2.45. The van der Waals surface area contributed by atoms with Crippen molar-refractivity contribution in [1.29, 1.82) is 5.26 Å². The molecule has 5 rings (SSSR count). The van der Waals surface area contributed by atoms with E-state index < -0.39 is 11.9 Å². The van der Waals surface area contributed by atoms with Gasteiger partial charge in [-0.05, 0) is 59.5 Å². The molecule has 4 aromatic carbocycles. The molecular formula is C35H32N2O6. The fraction of sp³-hybridized carbons (Fsp3) is 0.200. The van der Waals surface area contributed by atoms with Crippen molar-refractivity contribution in [2.45, 2.75) is 26.4 Å². The number of carbonyl (C=O) groups is 1. The van der Waals surface area contributed by atoms with Crippen LogP contribution >= 0.6 is 0 Å². The van der Waals surface area contributed by atoms with Gasteiger partial charge in [0.2, 0.25) is 5.88 Å². The van der Waals surface area contributed by atoms with Crippen LogP contribution in [0.3, 0.4) is 0 Å². The first-order valence-corrected chi connectivity index (χ1v) is 13.9. The summed E-state index contributed by atoms with van der Waals surface area (Å²) in [6, 6.07) is 29.3. The SMILES string of the molecule is COc1cc(C2C(C#N)=C(N)Oc3cc(OC(=O)c4ccc(OCC(C)C)cc4)ccc32)ccc1OCc1ccccc1. The van der Waals surface area contributed by atoms with Gasteiger partial charge in [0.1, 0.15) is 35.5 Å². The number of hydrogen-bond acceptors (Lipinski definition) is 8. The Morgan fingerprint density at radius 2 is 1.67 bits per heavy atom. The summed E-state index contributed by atoms with van der Waals surface area (Å²) in [5, 5.41) is 9.99. The number of nitriles is 1. The highest BCUT2D eigenvalue weighted by atomic mass is 16.5. The molecule has 1 aliphatic heterocycles. The molecule has 0 fully saturated rings. The van der Waals surface area contributed by atoms with Crippen molar-refractivity contribution in [3.8, 4) is 34.8 Å². The molecule has 0 saturated heterocycles. The number of ether oxygens (including phenoxy) is 5. The van der Waals surface area contributed by atoms with Crippen LogP contribution in [0.2, 0.25) is 0 Å². The van der Waals surface area contributed by atoms with E-state index >= 15 is 0 Å². The zero-order chi connectivity index (χ0) is 30.3. The lowest BCUT2D eigenvalue weighted by atomic mass is 9.83. The van der Waals surface area contributed by atoms with Crippen LogP contribution in [0, 0.1) is 17.2 Å². The third kappa shape index (κ3) is 6.74. The van der Waals surface area contributed by atoms with Gasteiger partial charge in [0.25, 0.3) is 0 Å². The van der Waals surface area contributed by atoms with Crippen LogP contribution in [-0.2, 0) is 6.61 Å². The molecule has 1 unspecified atom stereocenters. The second-order valence-electron chi connectivity index (χ2n) is 10.4. The average Bonchev–Trinajstić information content (AvgIpc) is 3.02. The van der Waals surface area contributed by atoms with Gasteiger partial charge in [-0.2, -0.15) is 5.26 Å². The number of rotatable bonds is 10. The number of nitrogens with two attached hydrogens (primary N) is 1. The molecule has 0 bridgehead atoms. The maximum atomic E-state index is 12.8. The summed E-state index contributed by atoms with van der Waals surface area (Å²) in [7, 11) is 1.56. The number of benzene rings is 4. The fourth-order valence-electron chi connectivity index (χ4n) is 4.68. The van der Waals surface area contributed by atoms with Crippen LogP contribution < -0.4 is 29.4 Å². The Hall–Kier alpha value is -5.42. The minimum atomic E-state index is -0.533. The first-order chi connectivity index (χ1) is 20.9. The summed E-state index contributed by atoms with van der Waals surface area (Å²) in [5.41, 5.74) is 9.32. The van der Waals surface area contributed by atoms with Gasteiger partial charge in [-0.25, -0.2) is 4.79 Å². The van der Waals surface area contributed by atoms with Crippen LogP contribution in [0.5, 0.6) is 28.7 Å². The molecule has 0 radical (unpaired) electrons. The van der Waals surface area contributed by atoms with Gasteiger partial charge >= 0.3 is 5.97 Å². The van der Waals surface area contributed by atoms with Crippen LogP contribution in [0.4, 0.5) is 0 Å². The lowest BCUT2D eigenvalue weighted by molar-refractivity contribution is 0.0734. The maximum Gasteiger partial charge on any atom is 0.343 e. The molecule has 2 N–H and O–H groups in total. The Labute approximate surface area is 250 Å². The predicted molar refractivity (Wildman–Crippen MR) is 161 cm³/mol. The molecule has 43 heavy (non-hydrogen) atoms. The van der Waals surface area contributed by atoms with Crippen molar-refractivity contribution in [2.75, 3.05) is 13.7 Å². The van der Waals surface area contributed by atoms with Gasteiger partial charge in [-0.3, -0.25) is 0 Å². The Morgan fingerprint density at radius 3 is 2.37 bits per heavy atom. The van der Waals surface area contributed by atoms with Crippen LogP contribution in [0.25, 0.3) is 0 Å². The molecule has 1 aliphatic rings. The molecule has 1 atom stereocenters. The summed E-state index contributed by atoms with van der Waals surface area (Å²) < 4.78 is 28.8. The lowest BCUT2D eigenvalue weighted by Crippen LogP contribution is -2.21. The molecule has 218 valence electrons. The largest absolute Gasteiger partial charge is 0.493 e. The zero-order valence-electron chi connectivity index (χ0n) is 24.2. The number of nitrogens with zero attached hydrogens (tertiary/aromatic N) is 1. The van der Waals surface area contributed by atoms with Crippen molar-refractivity contribution in [3.05, 3.63) is 125 Å². The fourth-order valence-corrected chi connectivity index (χ4v) is 4.68. The Bertz CT molecular complexity index is 1670. The molecule has 0 spiro atoms. The standard InChI is InChI=1S/C35H32N2O6/c1-22(2)20-40-26-12-9-24(10-13-26)35(38)42-27-14-15-28-31(18-27)43-34(37)29(19-36)33(28)25-11-16-30(32(17-25)39-3)41-21-23-7-5-4-6-8-23/h4-18,22,33H,20-21,37H2,1-3H3. The highest BCUT2D eigenvalue weighted by molar-refractivity contribution is 5.91. The Kier molecular flexibility index (Phi) is 8.82. The quantitative estimate of drug-likeness (QED) is 0.163. The number of methoxy groups -OCH3 is 1. The van der Waals surface area contributed by atoms with Gasteiger partial charge in [-0.15, -0.1) is 0 Å². The van der Waals surface area contributed by atoms with Crippen molar-refractivity contribution >= 4 is 5.97 Å². The molecule has 4 aromatic rings. The number of carbonyl (C=O) groups excluding carboxylic acids is 1. The van der Waals surface area contributed by atoms with Gasteiger partial charge in [0.15, 0.2) is 11.5 Å². The van der Waals surface area contributed by atoms with E-state index in [1.54, 1.807) is 49.6 Å². The Morgan fingerprint density at radius 1 is 0.930 bits per heavy atom. The van der Waals surface area contributed by atoms with E-state index in [-0.39, 0.29) is 17.2 Å². The summed E-state index contributed by atoms with van der Waals surface area (Å²) in [6.07, 6.45) is 0. The predicted octanol–water partition coefficient (Wildman–Crippen LogP) is 6.75. The van der Waals surface area contributed by atoms with Crippen LogP contribution in [-0.4, -0.2) is 19.7 Å². The molecular weight excluding hydrogens is 544 g/mol. The van der Waals surface area contributed by atoms with Gasteiger partial charge in [-0.1, -0.05) is 56.3 Å². The molecule has 8 heteroatoms. The number of hydrogen-bond donors (Lipinski definition) is 1. The van der Waals surface area contributed by atoms with E-state index in [2.05, 4.69) is 19.9 Å².